The van der Waals surface area contributed by atoms with Crippen LogP contribution in [0, 0.1) is 11.8 Å². The van der Waals surface area contributed by atoms with E-state index in [4.69, 9.17) is 0 Å². The van der Waals surface area contributed by atoms with E-state index in [1.165, 1.54) is 25.7 Å². The van der Waals surface area contributed by atoms with Crippen LogP contribution in [0.4, 0.5) is 0 Å². The van der Waals surface area contributed by atoms with Gasteiger partial charge in [-0.05, 0) is 24.7 Å². The molecule has 20 heavy (non-hydrogen) atoms. The van der Waals surface area contributed by atoms with Crippen molar-refractivity contribution in [3.63, 3.8) is 0 Å². The summed E-state index contributed by atoms with van der Waals surface area (Å²) in [4.78, 5) is 6.61. The van der Waals surface area contributed by atoms with Crippen LogP contribution >= 0.6 is 0 Å². The smallest absolute Gasteiger partial charge is 0.193 e. The molecule has 1 saturated heterocycles. The summed E-state index contributed by atoms with van der Waals surface area (Å²) in [7, 11) is -1.13. The molecule has 0 radical (unpaired) electrons. The first-order valence-corrected chi connectivity index (χ1v) is 9.54. The van der Waals surface area contributed by atoms with E-state index in [2.05, 4.69) is 15.2 Å². The Bertz CT molecular complexity index is 433. The minimum atomic E-state index is -2.90. The number of likely N-dealkylation sites (tertiary alicyclic amines) is 1. The van der Waals surface area contributed by atoms with Gasteiger partial charge in [0.05, 0.1) is 5.75 Å². The average molecular weight is 301 g/mol. The van der Waals surface area contributed by atoms with Gasteiger partial charge in [0.25, 0.3) is 0 Å². The van der Waals surface area contributed by atoms with Crippen molar-refractivity contribution < 1.29 is 8.42 Å². The Morgan fingerprint density at radius 3 is 2.35 bits per heavy atom. The Kier molecular flexibility index (Phi) is 5.29. The van der Waals surface area contributed by atoms with Crippen molar-refractivity contribution in [1.82, 2.24) is 10.2 Å². The molecule has 2 fully saturated rings. The molecular weight excluding hydrogens is 274 g/mol. The lowest BCUT2D eigenvalue weighted by Crippen LogP contribution is -2.42. The molecular formula is C14H27N3O2S. The highest BCUT2D eigenvalue weighted by atomic mass is 32.2. The molecule has 116 valence electrons. The van der Waals surface area contributed by atoms with Crippen molar-refractivity contribution in [3.05, 3.63) is 0 Å². The van der Waals surface area contributed by atoms with Crippen molar-refractivity contribution in [2.24, 2.45) is 16.8 Å². The molecule has 0 spiro atoms. The van der Waals surface area contributed by atoms with E-state index in [9.17, 15) is 8.42 Å². The van der Waals surface area contributed by atoms with Crippen molar-refractivity contribution >= 4 is 15.8 Å². The lowest BCUT2D eigenvalue weighted by Gasteiger charge is -2.22. The zero-order valence-corrected chi connectivity index (χ0v) is 13.5. The number of hydrogen-bond acceptors (Lipinski definition) is 3. The molecule has 1 aliphatic heterocycles. The van der Waals surface area contributed by atoms with Gasteiger partial charge in [0.1, 0.15) is 0 Å². The first-order valence-electron chi connectivity index (χ1n) is 7.71. The van der Waals surface area contributed by atoms with Crippen LogP contribution in [0.5, 0.6) is 0 Å². The molecule has 5 nitrogen and oxygen atoms in total. The van der Waals surface area contributed by atoms with E-state index in [1.54, 1.807) is 14.0 Å². The fraction of sp³-hybridized carbons (Fsp3) is 0.929. The number of hydrogen-bond donors (Lipinski definition) is 1. The van der Waals surface area contributed by atoms with Gasteiger partial charge < -0.3 is 10.2 Å². The van der Waals surface area contributed by atoms with Crippen LogP contribution in [0.25, 0.3) is 0 Å². The minimum Gasteiger partial charge on any atom is -0.355 e. The van der Waals surface area contributed by atoms with Gasteiger partial charge in [-0.2, -0.15) is 0 Å². The predicted octanol–water partition coefficient (Wildman–Crippen LogP) is 1.12. The maximum absolute atomic E-state index is 11.5. The summed E-state index contributed by atoms with van der Waals surface area (Å²) in [5.41, 5.74) is 0. The summed E-state index contributed by atoms with van der Waals surface area (Å²) in [5, 5.41) is 3.21. The van der Waals surface area contributed by atoms with Gasteiger partial charge in [-0.15, -0.1) is 0 Å². The van der Waals surface area contributed by atoms with Crippen molar-refractivity contribution in [1.29, 1.82) is 0 Å². The van der Waals surface area contributed by atoms with Crippen molar-refractivity contribution in [2.75, 3.05) is 38.2 Å². The molecule has 2 unspecified atom stereocenters. The molecule has 2 rings (SSSR count). The van der Waals surface area contributed by atoms with E-state index in [1.807, 2.05) is 0 Å². The van der Waals surface area contributed by atoms with Crippen LogP contribution in [0.2, 0.25) is 0 Å². The molecule has 0 amide bonds. The van der Waals surface area contributed by atoms with Gasteiger partial charge in [-0.25, -0.2) is 8.42 Å². The van der Waals surface area contributed by atoms with Crippen LogP contribution in [-0.2, 0) is 9.84 Å². The molecule has 1 saturated carbocycles. The number of nitrogens with one attached hydrogen (secondary N) is 1. The van der Waals surface area contributed by atoms with Gasteiger partial charge in [0.2, 0.25) is 0 Å². The molecule has 1 aliphatic carbocycles. The fourth-order valence-electron chi connectivity index (χ4n) is 3.37. The highest BCUT2D eigenvalue weighted by Crippen LogP contribution is 2.35. The van der Waals surface area contributed by atoms with E-state index in [0.29, 0.717) is 6.54 Å². The monoisotopic (exact) mass is 301 g/mol. The maximum Gasteiger partial charge on any atom is 0.193 e. The SMILES string of the molecule is CCS(=O)(=O)CCNC(=NC)N1CC2CCCCC2C1. The fourth-order valence-corrected chi connectivity index (χ4v) is 4.08. The Morgan fingerprint density at radius 2 is 1.85 bits per heavy atom. The lowest BCUT2D eigenvalue weighted by molar-refractivity contribution is 0.299. The topological polar surface area (TPSA) is 61.8 Å². The third kappa shape index (κ3) is 3.87. The standard InChI is InChI=1S/C14H27N3O2S/c1-3-20(18,19)9-8-16-14(15-2)17-10-12-6-4-5-7-13(12)11-17/h12-13H,3-11H2,1-2H3,(H,15,16). The molecule has 0 bridgehead atoms. The summed E-state index contributed by atoms with van der Waals surface area (Å²) < 4.78 is 23.0. The van der Waals surface area contributed by atoms with Crippen LogP contribution in [0.1, 0.15) is 32.6 Å². The first kappa shape index (κ1) is 15.6. The summed E-state index contributed by atoms with van der Waals surface area (Å²) in [6.45, 7) is 4.29. The van der Waals surface area contributed by atoms with E-state index in [-0.39, 0.29) is 11.5 Å². The number of guanidine groups is 1. The zero-order valence-electron chi connectivity index (χ0n) is 12.6. The van der Waals surface area contributed by atoms with Gasteiger partial charge in [0, 0.05) is 32.4 Å². The van der Waals surface area contributed by atoms with E-state index >= 15 is 0 Å². The van der Waals surface area contributed by atoms with Gasteiger partial charge in [-0.1, -0.05) is 19.8 Å². The highest BCUT2D eigenvalue weighted by molar-refractivity contribution is 7.91. The van der Waals surface area contributed by atoms with E-state index in [0.717, 1.165) is 30.9 Å². The first-order chi connectivity index (χ1) is 9.55. The predicted molar refractivity (Wildman–Crippen MR) is 82.7 cm³/mol. The summed E-state index contributed by atoms with van der Waals surface area (Å²) in [6.07, 6.45) is 5.39. The maximum atomic E-state index is 11.5. The van der Waals surface area contributed by atoms with Crippen LogP contribution < -0.4 is 5.32 Å². The number of rotatable bonds is 4. The number of nitrogens with zero attached hydrogens (tertiary/aromatic N) is 2. The minimum absolute atomic E-state index is 0.184. The molecule has 1 N–H and O–H groups in total. The Morgan fingerprint density at radius 1 is 1.25 bits per heavy atom. The Hall–Kier alpha value is -0.780. The third-order valence-electron chi connectivity index (χ3n) is 4.62. The molecule has 0 aromatic carbocycles. The van der Waals surface area contributed by atoms with Gasteiger partial charge in [0.15, 0.2) is 15.8 Å². The normalized spacial score (nSPS) is 27.5. The third-order valence-corrected chi connectivity index (χ3v) is 6.33. The lowest BCUT2D eigenvalue weighted by atomic mass is 9.82. The van der Waals surface area contributed by atoms with Crippen molar-refractivity contribution in [2.45, 2.75) is 32.6 Å². The average Bonchev–Trinajstić information content (AvgIpc) is 2.87. The van der Waals surface area contributed by atoms with Crippen LogP contribution in [-0.4, -0.2) is 57.5 Å². The van der Waals surface area contributed by atoms with Crippen LogP contribution in [0.15, 0.2) is 4.99 Å². The molecule has 0 aromatic heterocycles. The van der Waals surface area contributed by atoms with E-state index < -0.39 is 9.84 Å². The number of fused-ring (bicyclic) bond motifs is 1. The quantitative estimate of drug-likeness (QED) is 0.624. The zero-order chi connectivity index (χ0) is 14.6. The molecule has 0 aromatic rings. The van der Waals surface area contributed by atoms with Gasteiger partial charge in [-0.3, -0.25) is 4.99 Å². The second kappa shape index (κ2) is 6.78. The summed E-state index contributed by atoms with van der Waals surface area (Å²) in [5.74, 6) is 2.87. The second-order valence-electron chi connectivity index (χ2n) is 5.92. The molecule has 2 atom stereocenters. The summed E-state index contributed by atoms with van der Waals surface area (Å²) in [6, 6.07) is 0. The van der Waals surface area contributed by atoms with Crippen molar-refractivity contribution in [3.8, 4) is 0 Å². The second-order valence-corrected chi connectivity index (χ2v) is 8.39. The largest absolute Gasteiger partial charge is 0.355 e. The molecule has 1 heterocycles. The Labute approximate surface area is 122 Å². The highest BCUT2D eigenvalue weighted by Gasteiger charge is 2.35. The molecule has 6 heteroatoms. The Balaban J connectivity index is 1.84. The summed E-state index contributed by atoms with van der Waals surface area (Å²) >= 11 is 0. The van der Waals surface area contributed by atoms with Crippen LogP contribution in [0.3, 0.4) is 0 Å². The number of sulfone groups is 1. The van der Waals surface area contributed by atoms with Gasteiger partial charge >= 0.3 is 0 Å². The number of aliphatic imine (C=N–C) groups is 1. The molecule has 2 aliphatic rings.